The monoisotopic (exact) mass is 306 g/mol. The fraction of sp³-hybridized carbons (Fsp3) is 0.400. The first-order valence-corrected chi connectivity index (χ1v) is 7.85. The number of amides is 1. The third-order valence-corrected chi connectivity index (χ3v) is 4.64. The number of nitrogens with zero attached hydrogens (tertiary/aromatic N) is 1. The van der Waals surface area contributed by atoms with Gasteiger partial charge < -0.3 is 19.7 Å². The van der Waals surface area contributed by atoms with Crippen molar-refractivity contribution in [3.8, 4) is 5.69 Å². The number of aromatic nitrogens is 1. The molecule has 0 spiro atoms. The quantitative estimate of drug-likeness (QED) is 0.905. The van der Waals surface area contributed by atoms with E-state index >= 15 is 0 Å². The summed E-state index contributed by atoms with van der Waals surface area (Å²) in [5.74, 6) is -0.145. The van der Waals surface area contributed by atoms with Crippen molar-refractivity contribution in [1.29, 1.82) is 0 Å². The van der Waals surface area contributed by atoms with E-state index in [4.69, 9.17) is 4.74 Å². The lowest BCUT2D eigenvalue weighted by Crippen LogP contribution is -2.46. The molecule has 1 aliphatic rings. The first kappa shape index (κ1) is 14.3. The third-order valence-electron chi connectivity index (χ3n) is 3.73. The predicted octanol–water partition coefficient (Wildman–Crippen LogP) is 1.81. The Labute approximate surface area is 127 Å². The minimum atomic E-state index is -0.848. The van der Waals surface area contributed by atoms with Gasteiger partial charge in [0.15, 0.2) is 0 Å². The van der Waals surface area contributed by atoms with Gasteiger partial charge in [-0.1, -0.05) is 0 Å². The number of hydrogen-bond acceptors (Lipinski definition) is 4. The van der Waals surface area contributed by atoms with E-state index in [0.717, 1.165) is 5.69 Å². The van der Waals surface area contributed by atoms with Gasteiger partial charge in [-0.05, 0) is 23.6 Å². The smallest absolute Gasteiger partial charge is 0.263 e. The number of aliphatic hydroxyl groups is 1. The highest BCUT2D eigenvalue weighted by Crippen LogP contribution is 2.23. The Morgan fingerprint density at radius 2 is 2.10 bits per heavy atom. The number of rotatable bonds is 4. The zero-order chi connectivity index (χ0) is 14.7. The number of ether oxygens (including phenoxy) is 1. The standard InChI is InChI=1S/C15H18N2O3S/c18-14(16-11-15(19)4-8-20-9-5-15)13-12(3-10-21-13)17-6-1-2-7-17/h1-3,6-7,10,19H,4-5,8-9,11H2,(H,16,18). The summed E-state index contributed by atoms with van der Waals surface area (Å²) in [4.78, 5) is 13.0. The van der Waals surface area contributed by atoms with E-state index in [2.05, 4.69) is 5.32 Å². The van der Waals surface area contributed by atoms with Gasteiger partial charge in [0, 0.05) is 45.0 Å². The molecule has 6 heteroatoms. The van der Waals surface area contributed by atoms with Crippen LogP contribution in [0.3, 0.4) is 0 Å². The van der Waals surface area contributed by atoms with Crippen LogP contribution in [0.15, 0.2) is 36.0 Å². The summed E-state index contributed by atoms with van der Waals surface area (Å²) in [6.45, 7) is 1.35. The van der Waals surface area contributed by atoms with E-state index in [9.17, 15) is 9.90 Å². The molecule has 0 aromatic carbocycles. The number of carbonyl (C=O) groups excluding carboxylic acids is 1. The molecule has 3 rings (SSSR count). The molecular weight excluding hydrogens is 288 g/mol. The molecule has 1 aliphatic heterocycles. The Morgan fingerprint density at radius 1 is 1.38 bits per heavy atom. The second-order valence-electron chi connectivity index (χ2n) is 5.24. The molecule has 2 aromatic heterocycles. The molecule has 2 aromatic rings. The zero-order valence-electron chi connectivity index (χ0n) is 11.6. The fourth-order valence-electron chi connectivity index (χ4n) is 2.42. The van der Waals surface area contributed by atoms with Gasteiger partial charge in [0.2, 0.25) is 0 Å². The molecule has 112 valence electrons. The molecule has 0 atom stereocenters. The number of hydrogen-bond donors (Lipinski definition) is 2. The van der Waals surface area contributed by atoms with Gasteiger partial charge in [0.25, 0.3) is 5.91 Å². The maximum Gasteiger partial charge on any atom is 0.263 e. The molecule has 0 radical (unpaired) electrons. The number of nitrogens with one attached hydrogen (secondary N) is 1. The Morgan fingerprint density at radius 3 is 2.81 bits per heavy atom. The van der Waals surface area contributed by atoms with Gasteiger partial charge in [0.05, 0.1) is 11.3 Å². The van der Waals surface area contributed by atoms with E-state index < -0.39 is 5.60 Å². The molecule has 0 aliphatic carbocycles. The van der Waals surface area contributed by atoms with E-state index in [-0.39, 0.29) is 12.5 Å². The Hall–Kier alpha value is -1.63. The average molecular weight is 306 g/mol. The zero-order valence-corrected chi connectivity index (χ0v) is 12.4. The van der Waals surface area contributed by atoms with E-state index in [1.807, 2.05) is 40.5 Å². The van der Waals surface area contributed by atoms with Crippen LogP contribution >= 0.6 is 11.3 Å². The first-order valence-electron chi connectivity index (χ1n) is 6.97. The van der Waals surface area contributed by atoms with Crippen molar-refractivity contribution in [3.63, 3.8) is 0 Å². The molecular formula is C15H18N2O3S. The summed E-state index contributed by atoms with van der Waals surface area (Å²) < 4.78 is 7.15. The molecule has 0 bridgehead atoms. The van der Waals surface area contributed by atoms with E-state index in [0.29, 0.717) is 30.9 Å². The van der Waals surface area contributed by atoms with Crippen LogP contribution in [0.2, 0.25) is 0 Å². The third kappa shape index (κ3) is 3.18. The Balaban J connectivity index is 1.68. The Bertz CT molecular complexity index is 600. The van der Waals surface area contributed by atoms with Gasteiger partial charge in [-0.2, -0.15) is 0 Å². The van der Waals surface area contributed by atoms with E-state index in [1.54, 1.807) is 0 Å². The topological polar surface area (TPSA) is 63.5 Å². The summed E-state index contributed by atoms with van der Waals surface area (Å²) >= 11 is 1.40. The lowest BCUT2D eigenvalue weighted by Gasteiger charge is -2.32. The highest BCUT2D eigenvalue weighted by Gasteiger charge is 2.30. The van der Waals surface area contributed by atoms with Crippen LogP contribution in [0.4, 0.5) is 0 Å². The molecule has 0 unspecified atom stereocenters. The van der Waals surface area contributed by atoms with Crippen molar-refractivity contribution in [3.05, 3.63) is 40.8 Å². The Kier molecular flexibility index (Phi) is 4.10. The van der Waals surface area contributed by atoms with Crippen LogP contribution in [0.1, 0.15) is 22.5 Å². The molecule has 21 heavy (non-hydrogen) atoms. The van der Waals surface area contributed by atoms with Crippen LogP contribution < -0.4 is 5.32 Å². The van der Waals surface area contributed by atoms with Gasteiger partial charge in [-0.15, -0.1) is 11.3 Å². The lowest BCUT2D eigenvalue weighted by molar-refractivity contribution is -0.0605. The SMILES string of the molecule is O=C(NCC1(O)CCOCC1)c1sccc1-n1cccc1. The molecule has 1 saturated heterocycles. The summed E-state index contributed by atoms with van der Waals surface area (Å²) in [6.07, 6.45) is 4.93. The number of thiophene rings is 1. The summed E-state index contributed by atoms with van der Waals surface area (Å²) in [6, 6.07) is 5.76. The van der Waals surface area contributed by atoms with E-state index in [1.165, 1.54) is 11.3 Å². The van der Waals surface area contributed by atoms with Crippen molar-refractivity contribution >= 4 is 17.2 Å². The van der Waals surface area contributed by atoms with Crippen LogP contribution in [0.25, 0.3) is 5.69 Å². The van der Waals surface area contributed by atoms with Crippen LogP contribution in [-0.2, 0) is 4.74 Å². The summed E-state index contributed by atoms with van der Waals surface area (Å²) in [5.41, 5.74) is 0.0140. The normalized spacial score (nSPS) is 17.6. The van der Waals surface area contributed by atoms with Crippen molar-refractivity contribution in [1.82, 2.24) is 9.88 Å². The second-order valence-corrected chi connectivity index (χ2v) is 6.16. The maximum absolute atomic E-state index is 12.4. The molecule has 5 nitrogen and oxygen atoms in total. The minimum absolute atomic E-state index is 0.145. The average Bonchev–Trinajstić information content (AvgIpc) is 3.16. The van der Waals surface area contributed by atoms with Crippen LogP contribution in [0.5, 0.6) is 0 Å². The second kappa shape index (κ2) is 6.01. The summed E-state index contributed by atoms with van der Waals surface area (Å²) in [7, 11) is 0. The van der Waals surface area contributed by atoms with Gasteiger partial charge >= 0.3 is 0 Å². The minimum Gasteiger partial charge on any atom is -0.388 e. The van der Waals surface area contributed by atoms with Crippen LogP contribution in [-0.4, -0.2) is 40.9 Å². The lowest BCUT2D eigenvalue weighted by atomic mass is 9.94. The van der Waals surface area contributed by atoms with Gasteiger partial charge in [-0.25, -0.2) is 0 Å². The molecule has 0 saturated carbocycles. The summed E-state index contributed by atoms with van der Waals surface area (Å²) in [5, 5.41) is 15.1. The predicted molar refractivity (Wildman–Crippen MR) is 81.0 cm³/mol. The van der Waals surface area contributed by atoms with Crippen molar-refractivity contribution in [2.75, 3.05) is 19.8 Å². The highest BCUT2D eigenvalue weighted by atomic mass is 32.1. The van der Waals surface area contributed by atoms with Crippen molar-refractivity contribution in [2.45, 2.75) is 18.4 Å². The maximum atomic E-state index is 12.4. The molecule has 1 amide bonds. The van der Waals surface area contributed by atoms with Gasteiger partial charge in [-0.3, -0.25) is 4.79 Å². The van der Waals surface area contributed by atoms with Crippen molar-refractivity contribution in [2.24, 2.45) is 0 Å². The molecule has 1 fully saturated rings. The molecule has 2 N–H and O–H groups in total. The highest BCUT2D eigenvalue weighted by molar-refractivity contribution is 7.12. The largest absolute Gasteiger partial charge is 0.388 e. The van der Waals surface area contributed by atoms with Crippen LogP contribution in [0, 0.1) is 0 Å². The molecule has 3 heterocycles. The number of carbonyl (C=O) groups is 1. The van der Waals surface area contributed by atoms with Crippen molar-refractivity contribution < 1.29 is 14.6 Å². The first-order chi connectivity index (χ1) is 10.2. The fourth-order valence-corrected chi connectivity index (χ4v) is 3.23. The van der Waals surface area contributed by atoms with Gasteiger partial charge in [0.1, 0.15) is 4.88 Å².